The van der Waals surface area contributed by atoms with Gasteiger partial charge >= 0.3 is 16.4 Å². The van der Waals surface area contributed by atoms with Crippen LogP contribution in [0.15, 0.2) is 42.6 Å². The molecule has 13 nitrogen and oxygen atoms in total. The summed E-state index contributed by atoms with van der Waals surface area (Å²) < 4.78 is 69.0. The average molecular weight is 606 g/mol. The zero-order chi connectivity index (χ0) is 29.9. The van der Waals surface area contributed by atoms with Crippen LogP contribution in [0.5, 0.6) is 23.0 Å². The minimum atomic E-state index is -4.92. The summed E-state index contributed by atoms with van der Waals surface area (Å²) in [6.07, 6.45) is 2.44. The number of nitrogens with one attached hydrogen (secondary N) is 1. The number of fused-ring (bicyclic) bond motifs is 1. The molecule has 15 heteroatoms. The maximum atomic E-state index is 15.0. The number of carbonyl (C=O) groups excluding carboxylic acids is 1. The minimum absolute atomic E-state index is 0.0211. The highest BCUT2D eigenvalue weighted by Gasteiger charge is 2.57. The van der Waals surface area contributed by atoms with Crippen LogP contribution in [0.25, 0.3) is 10.9 Å². The minimum Gasteiger partial charge on any atom is -0.490 e. The zero-order valence-corrected chi connectivity index (χ0v) is 23.1. The fourth-order valence-electron chi connectivity index (χ4n) is 4.50. The van der Waals surface area contributed by atoms with E-state index in [9.17, 15) is 32.1 Å². The Morgan fingerprint density at radius 3 is 2.50 bits per heavy atom. The third-order valence-electron chi connectivity index (χ3n) is 6.95. The van der Waals surface area contributed by atoms with Gasteiger partial charge in [0.1, 0.15) is 11.2 Å². The summed E-state index contributed by atoms with van der Waals surface area (Å²) in [6.45, 7) is 3.91. The summed E-state index contributed by atoms with van der Waals surface area (Å²) in [7, 11) is -4.92. The van der Waals surface area contributed by atoms with E-state index in [1.165, 1.54) is 36.5 Å². The van der Waals surface area contributed by atoms with E-state index in [4.69, 9.17) is 18.4 Å². The molecule has 1 aliphatic heterocycles. The lowest BCUT2D eigenvalue weighted by Gasteiger charge is -2.26. The Balaban J connectivity index is 1.34. The lowest BCUT2D eigenvalue weighted by Crippen LogP contribution is -2.37. The highest BCUT2D eigenvalue weighted by Crippen LogP contribution is 2.47. The molecule has 0 spiro atoms. The van der Waals surface area contributed by atoms with Crippen molar-refractivity contribution in [2.75, 3.05) is 44.8 Å². The number of carbonyl (C=O) groups is 2. The van der Waals surface area contributed by atoms with E-state index in [-0.39, 0.29) is 53.5 Å². The molecular formula is C27H28FN3O10S. The Bertz CT molecular complexity index is 1610. The number of benzene rings is 2. The van der Waals surface area contributed by atoms with Crippen LogP contribution in [0.4, 0.5) is 10.1 Å². The number of amides is 1. The molecule has 5 rings (SSSR count). The molecule has 224 valence electrons. The van der Waals surface area contributed by atoms with Gasteiger partial charge in [-0.3, -0.25) is 24.0 Å². The third-order valence-corrected chi connectivity index (χ3v) is 7.34. The van der Waals surface area contributed by atoms with Crippen molar-refractivity contribution < 1.29 is 50.5 Å². The molecule has 0 unspecified atom stereocenters. The van der Waals surface area contributed by atoms with Crippen molar-refractivity contribution >= 4 is 38.9 Å². The Labute approximate surface area is 240 Å². The number of anilines is 1. The number of ether oxygens (including phenoxy) is 3. The third kappa shape index (κ3) is 6.87. The first-order valence-corrected chi connectivity index (χ1v) is 14.5. The first-order chi connectivity index (χ1) is 20.0. The van der Waals surface area contributed by atoms with E-state index in [1.807, 2.05) is 0 Å². The second kappa shape index (κ2) is 12.1. The molecule has 0 atom stereocenters. The quantitative estimate of drug-likeness (QED) is 0.156. The first-order valence-electron chi connectivity index (χ1n) is 13.1. The van der Waals surface area contributed by atoms with E-state index in [0.29, 0.717) is 25.2 Å². The van der Waals surface area contributed by atoms with Gasteiger partial charge in [-0.05, 0) is 43.5 Å². The van der Waals surface area contributed by atoms with Gasteiger partial charge in [0.2, 0.25) is 5.91 Å². The van der Waals surface area contributed by atoms with Crippen molar-refractivity contribution in [2.45, 2.75) is 19.3 Å². The SMILES string of the molecule is O=C(O)C1(C(=O)Nc2ccc(Oc3ccnc4cc(OCCCN5CCOCC5)c(OS(=O)(=O)O)cc34)c(F)c2)CC1. The van der Waals surface area contributed by atoms with Crippen LogP contribution in [0, 0.1) is 11.2 Å². The van der Waals surface area contributed by atoms with E-state index in [1.54, 1.807) is 0 Å². The Hall–Kier alpha value is -4.05. The Morgan fingerprint density at radius 1 is 1.07 bits per heavy atom. The molecule has 2 aromatic carbocycles. The van der Waals surface area contributed by atoms with E-state index >= 15 is 0 Å². The molecule has 1 saturated carbocycles. The molecule has 2 heterocycles. The highest BCUT2D eigenvalue weighted by molar-refractivity contribution is 7.81. The number of aliphatic carboxylic acids is 1. The lowest BCUT2D eigenvalue weighted by molar-refractivity contribution is -0.147. The molecular weight excluding hydrogens is 577 g/mol. The zero-order valence-electron chi connectivity index (χ0n) is 22.2. The van der Waals surface area contributed by atoms with Crippen molar-refractivity contribution in [2.24, 2.45) is 5.41 Å². The van der Waals surface area contributed by atoms with E-state index in [0.717, 1.165) is 25.7 Å². The van der Waals surface area contributed by atoms with Crippen molar-refractivity contribution in [3.8, 4) is 23.0 Å². The summed E-state index contributed by atoms with van der Waals surface area (Å²) in [5.74, 6) is -3.27. The molecule has 1 saturated heterocycles. The maximum absolute atomic E-state index is 15.0. The molecule has 42 heavy (non-hydrogen) atoms. The predicted molar refractivity (Wildman–Crippen MR) is 146 cm³/mol. The van der Waals surface area contributed by atoms with Crippen LogP contribution in [0.3, 0.4) is 0 Å². The Morgan fingerprint density at radius 2 is 1.83 bits per heavy atom. The number of aromatic nitrogens is 1. The van der Waals surface area contributed by atoms with Crippen LogP contribution < -0.4 is 19.0 Å². The van der Waals surface area contributed by atoms with Gasteiger partial charge in [-0.25, -0.2) is 4.39 Å². The molecule has 0 bridgehead atoms. The summed E-state index contributed by atoms with van der Waals surface area (Å²) >= 11 is 0. The topological polar surface area (TPSA) is 174 Å². The normalized spacial score (nSPS) is 16.5. The molecule has 3 aromatic rings. The molecule has 1 aromatic heterocycles. The molecule has 0 radical (unpaired) electrons. The number of carboxylic acids is 1. The number of rotatable bonds is 12. The fourth-order valence-corrected chi connectivity index (χ4v) is 4.85. The summed E-state index contributed by atoms with van der Waals surface area (Å²) in [4.78, 5) is 30.2. The van der Waals surface area contributed by atoms with Gasteiger partial charge < -0.3 is 28.8 Å². The van der Waals surface area contributed by atoms with Crippen LogP contribution in [-0.4, -0.2) is 79.3 Å². The van der Waals surface area contributed by atoms with Gasteiger partial charge in [0.15, 0.2) is 23.1 Å². The second-order valence-electron chi connectivity index (χ2n) is 9.88. The van der Waals surface area contributed by atoms with Crippen LogP contribution in [-0.2, 0) is 24.7 Å². The standard InChI is InChI=1S/C27H28FN3O10S/c28-19-14-17(30-25(32)27(5-6-27)26(33)34)2-3-22(19)40-21-4-7-29-20-16-23(24(15-18(20)21)41-42(35,36)37)39-11-1-8-31-9-12-38-13-10-31/h2-4,7,14-16H,1,5-6,8-13H2,(H,30,32)(H,33,34)(H,35,36,37). The van der Waals surface area contributed by atoms with Gasteiger partial charge in [0, 0.05) is 49.0 Å². The number of morpholine rings is 1. The smallest absolute Gasteiger partial charge is 0.446 e. The van der Waals surface area contributed by atoms with Crippen molar-refractivity contribution in [1.82, 2.24) is 9.88 Å². The average Bonchev–Trinajstić information content (AvgIpc) is 3.75. The van der Waals surface area contributed by atoms with Gasteiger partial charge in [0.05, 0.1) is 25.3 Å². The van der Waals surface area contributed by atoms with Crippen molar-refractivity contribution in [3.63, 3.8) is 0 Å². The van der Waals surface area contributed by atoms with Crippen LogP contribution in [0.1, 0.15) is 19.3 Å². The summed E-state index contributed by atoms with van der Waals surface area (Å²) in [5.41, 5.74) is -1.13. The molecule has 3 N–H and O–H groups in total. The number of hydrogen-bond acceptors (Lipinski definition) is 10. The van der Waals surface area contributed by atoms with Crippen LogP contribution >= 0.6 is 0 Å². The van der Waals surface area contributed by atoms with Crippen molar-refractivity contribution in [3.05, 3.63) is 48.4 Å². The number of hydrogen-bond donors (Lipinski definition) is 3. The fraction of sp³-hybridized carbons (Fsp3) is 0.370. The molecule has 1 aliphatic carbocycles. The molecule has 2 fully saturated rings. The second-order valence-corrected chi connectivity index (χ2v) is 10.9. The van der Waals surface area contributed by atoms with Crippen LogP contribution in [0.2, 0.25) is 0 Å². The summed E-state index contributed by atoms with van der Waals surface area (Å²) in [5, 5.41) is 11.9. The largest absolute Gasteiger partial charge is 0.490 e. The predicted octanol–water partition coefficient (Wildman–Crippen LogP) is 3.25. The van der Waals surface area contributed by atoms with Gasteiger partial charge in [-0.1, -0.05) is 0 Å². The number of halogens is 1. The summed E-state index contributed by atoms with van der Waals surface area (Å²) in [6, 6.07) is 7.68. The van der Waals surface area contributed by atoms with Gasteiger partial charge in [-0.2, -0.15) is 8.42 Å². The first kappa shape index (κ1) is 29.4. The number of nitrogens with zero attached hydrogens (tertiary/aromatic N) is 2. The van der Waals surface area contributed by atoms with Gasteiger partial charge in [-0.15, -0.1) is 0 Å². The maximum Gasteiger partial charge on any atom is 0.446 e. The Kier molecular flexibility index (Phi) is 8.45. The number of carboxylic acid groups (broad SMARTS) is 1. The monoisotopic (exact) mass is 605 g/mol. The molecule has 1 amide bonds. The highest BCUT2D eigenvalue weighted by atomic mass is 32.3. The lowest BCUT2D eigenvalue weighted by atomic mass is 10.1. The van der Waals surface area contributed by atoms with E-state index in [2.05, 4.69) is 15.2 Å². The van der Waals surface area contributed by atoms with Crippen molar-refractivity contribution in [1.29, 1.82) is 0 Å². The molecule has 2 aliphatic rings. The number of pyridine rings is 1. The van der Waals surface area contributed by atoms with Gasteiger partial charge in [0.25, 0.3) is 0 Å². The van der Waals surface area contributed by atoms with E-state index < -0.39 is 33.5 Å².